The first-order valence-electron chi connectivity index (χ1n) is 10.9. The highest BCUT2D eigenvalue weighted by molar-refractivity contribution is 5.68. The van der Waals surface area contributed by atoms with E-state index in [1.807, 2.05) is 28.9 Å². The van der Waals surface area contributed by atoms with Crippen LogP contribution in [0.4, 0.5) is 10.2 Å². The van der Waals surface area contributed by atoms with Crippen LogP contribution >= 0.6 is 0 Å². The number of pyridine rings is 1. The van der Waals surface area contributed by atoms with E-state index in [0.29, 0.717) is 17.0 Å². The molecular weight excluding hydrogens is 405 g/mol. The number of phenolic OH excluding ortho intramolecular Hbond substituents is 1. The molecule has 0 radical (unpaired) electrons. The molecule has 4 aromatic rings. The Labute approximate surface area is 186 Å². The highest BCUT2D eigenvalue weighted by Crippen LogP contribution is 2.34. The van der Waals surface area contributed by atoms with Crippen molar-refractivity contribution in [1.82, 2.24) is 19.6 Å². The van der Waals surface area contributed by atoms with Crippen molar-refractivity contribution < 1.29 is 9.50 Å². The molecule has 0 spiro atoms. The predicted molar refractivity (Wildman–Crippen MR) is 122 cm³/mol. The van der Waals surface area contributed by atoms with Gasteiger partial charge in [-0.1, -0.05) is 19.9 Å². The Morgan fingerprint density at radius 3 is 2.75 bits per heavy atom. The monoisotopic (exact) mass is 431 g/mol. The number of aromatic nitrogens is 4. The van der Waals surface area contributed by atoms with Crippen LogP contribution in [0.25, 0.3) is 16.9 Å². The molecule has 32 heavy (non-hydrogen) atoms. The lowest BCUT2D eigenvalue weighted by molar-refractivity contribution is 0.436. The van der Waals surface area contributed by atoms with Gasteiger partial charge in [-0.3, -0.25) is 4.98 Å². The van der Waals surface area contributed by atoms with Gasteiger partial charge in [0, 0.05) is 28.9 Å². The molecular formula is C25H26FN5O. The number of rotatable bonds is 4. The molecule has 0 saturated heterocycles. The summed E-state index contributed by atoms with van der Waals surface area (Å²) in [4.78, 5) is 8.81. The zero-order chi connectivity index (χ0) is 22.5. The molecule has 1 aromatic carbocycles. The van der Waals surface area contributed by atoms with Gasteiger partial charge in [-0.2, -0.15) is 9.61 Å². The third kappa shape index (κ3) is 3.68. The molecule has 7 heteroatoms. The fraction of sp³-hybridized carbons (Fsp3) is 0.320. The summed E-state index contributed by atoms with van der Waals surface area (Å²) in [6.45, 7) is 6.42. The van der Waals surface area contributed by atoms with E-state index in [1.54, 1.807) is 12.3 Å². The summed E-state index contributed by atoms with van der Waals surface area (Å²) in [5.41, 5.74) is 5.28. The van der Waals surface area contributed by atoms with Crippen molar-refractivity contribution in [2.24, 2.45) is 0 Å². The molecule has 3 aromatic heterocycles. The van der Waals surface area contributed by atoms with Crippen LogP contribution in [0.15, 0.2) is 48.9 Å². The van der Waals surface area contributed by atoms with Gasteiger partial charge in [-0.15, -0.1) is 0 Å². The molecule has 164 valence electrons. The van der Waals surface area contributed by atoms with E-state index >= 15 is 0 Å². The standard InChI is InChI=1S/C25H26FN5O/c1-15(2)21-14-28-31-23(10-22(29-24(21)31)18-8-19(26)13-27-12-18)30-25(3)7-6-16-9-20(32)5-4-17(16)11-25/h4-5,8-10,12-15,30,32H,6-7,11H2,1-3H3/t25-/m0/s1. The molecule has 1 aliphatic carbocycles. The highest BCUT2D eigenvalue weighted by Gasteiger charge is 2.31. The van der Waals surface area contributed by atoms with Crippen molar-refractivity contribution in [3.8, 4) is 17.0 Å². The molecule has 0 unspecified atom stereocenters. The average molecular weight is 432 g/mol. The summed E-state index contributed by atoms with van der Waals surface area (Å²) in [6, 6.07) is 8.97. The summed E-state index contributed by atoms with van der Waals surface area (Å²) >= 11 is 0. The van der Waals surface area contributed by atoms with Gasteiger partial charge in [0.1, 0.15) is 17.4 Å². The summed E-state index contributed by atoms with van der Waals surface area (Å²) in [6.07, 6.45) is 7.27. The highest BCUT2D eigenvalue weighted by atomic mass is 19.1. The minimum Gasteiger partial charge on any atom is -0.508 e. The fourth-order valence-corrected chi connectivity index (χ4v) is 4.53. The van der Waals surface area contributed by atoms with Crippen molar-refractivity contribution in [2.45, 2.75) is 51.5 Å². The van der Waals surface area contributed by atoms with Gasteiger partial charge in [0.15, 0.2) is 5.65 Å². The van der Waals surface area contributed by atoms with Crippen LogP contribution in [-0.4, -0.2) is 30.2 Å². The average Bonchev–Trinajstić information content (AvgIpc) is 3.19. The molecule has 1 aliphatic rings. The molecule has 0 amide bonds. The Morgan fingerprint density at radius 1 is 1.12 bits per heavy atom. The first-order chi connectivity index (χ1) is 15.3. The first kappa shape index (κ1) is 20.4. The minimum atomic E-state index is -0.393. The topological polar surface area (TPSA) is 75.3 Å². The quantitative estimate of drug-likeness (QED) is 0.469. The number of nitrogens with one attached hydrogen (secondary N) is 1. The maximum atomic E-state index is 13.9. The number of aromatic hydroxyl groups is 1. The Bertz CT molecular complexity index is 1320. The lowest BCUT2D eigenvalue weighted by Gasteiger charge is -2.36. The molecule has 2 N–H and O–H groups in total. The summed E-state index contributed by atoms with van der Waals surface area (Å²) < 4.78 is 15.7. The molecule has 1 atom stereocenters. The summed E-state index contributed by atoms with van der Waals surface area (Å²) in [5.74, 6) is 0.974. The number of phenols is 1. The Kier molecular flexibility index (Phi) is 4.84. The van der Waals surface area contributed by atoms with Crippen LogP contribution in [0.3, 0.4) is 0 Å². The maximum Gasteiger partial charge on any atom is 0.161 e. The van der Waals surface area contributed by atoms with Crippen molar-refractivity contribution >= 4 is 11.5 Å². The van der Waals surface area contributed by atoms with Crippen LogP contribution in [0.2, 0.25) is 0 Å². The van der Waals surface area contributed by atoms with Gasteiger partial charge in [-0.05, 0) is 61.4 Å². The normalized spacial score (nSPS) is 18.2. The van der Waals surface area contributed by atoms with Crippen LogP contribution in [0, 0.1) is 5.82 Å². The van der Waals surface area contributed by atoms with Gasteiger partial charge in [0.05, 0.1) is 18.1 Å². The molecule has 0 bridgehead atoms. The van der Waals surface area contributed by atoms with Crippen molar-refractivity contribution in [1.29, 1.82) is 0 Å². The van der Waals surface area contributed by atoms with E-state index in [9.17, 15) is 9.50 Å². The SMILES string of the molecule is CC(C)c1cnn2c(N[C@@]3(C)CCc4cc(O)ccc4C3)cc(-c3cncc(F)c3)nc12. The summed E-state index contributed by atoms with van der Waals surface area (Å²) in [5, 5.41) is 18.1. The van der Waals surface area contributed by atoms with Gasteiger partial charge in [-0.25, -0.2) is 9.37 Å². The van der Waals surface area contributed by atoms with E-state index in [4.69, 9.17) is 4.98 Å². The number of nitrogens with zero attached hydrogens (tertiary/aromatic N) is 4. The van der Waals surface area contributed by atoms with E-state index in [1.165, 1.54) is 23.4 Å². The van der Waals surface area contributed by atoms with Crippen molar-refractivity contribution in [3.05, 3.63) is 71.4 Å². The van der Waals surface area contributed by atoms with Crippen LogP contribution in [0.5, 0.6) is 5.75 Å². The molecule has 0 fully saturated rings. The number of benzene rings is 1. The molecule has 5 rings (SSSR count). The minimum absolute atomic E-state index is 0.209. The third-order valence-corrected chi connectivity index (χ3v) is 6.27. The van der Waals surface area contributed by atoms with Crippen LogP contribution < -0.4 is 5.32 Å². The second-order valence-electron chi connectivity index (χ2n) is 9.22. The molecule has 0 saturated carbocycles. The Morgan fingerprint density at radius 2 is 1.97 bits per heavy atom. The Hall–Kier alpha value is -3.48. The lowest BCUT2D eigenvalue weighted by Crippen LogP contribution is -2.41. The lowest BCUT2D eigenvalue weighted by atomic mass is 9.79. The number of anilines is 1. The van der Waals surface area contributed by atoms with E-state index in [-0.39, 0.29) is 11.5 Å². The van der Waals surface area contributed by atoms with E-state index in [0.717, 1.165) is 36.3 Å². The maximum absolute atomic E-state index is 13.9. The van der Waals surface area contributed by atoms with E-state index < -0.39 is 5.82 Å². The molecule has 3 heterocycles. The third-order valence-electron chi connectivity index (χ3n) is 6.27. The number of aryl methyl sites for hydroxylation is 1. The smallest absolute Gasteiger partial charge is 0.161 e. The second kappa shape index (κ2) is 7.58. The first-order valence-corrected chi connectivity index (χ1v) is 10.9. The fourth-order valence-electron chi connectivity index (χ4n) is 4.53. The van der Waals surface area contributed by atoms with Gasteiger partial charge in [0.25, 0.3) is 0 Å². The van der Waals surface area contributed by atoms with Gasteiger partial charge >= 0.3 is 0 Å². The van der Waals surface area contributed by atoms with Crippen LogP contribution in [-0.2, 0) is 12.8 Å². The number of hydrogen-bond donors (Lipinski definition) is 2. The number of hydrogen-bond acceptors (Lipinski definition) is 5. The van der Waals surface area contributed by atoms with E-state index in [2.05, 4.69) is 36.2 Å². The number of halogens is 1. The van der Waals surface area contributed by atoms with Crippen molar-refractivity contribution in [3.63, 3.8) is 0 Å². The Balaban J connectivity index is 1.59. The largest absolute Gasteiger partial charge is 0.508 e. The zero-order valence-corrected chi connectivity index (χ0v) is 18.4. The van der Waals surface area contributed by atoms with Gasteiger partial charge in [0.2, 0.25) is 0 Å². The zero-order valence-electron chi connectivity index (χ0n) is 18.4. The van der Waals surface area contributed by atoms with Crippen LogP contribution in [0.1, 0.15) is 49.8 Å². The van der Waals surface area contributed by atoms with Crippen molar-refractivity contribution in [2.75, 3.05) is 5.32 Å². The second-order valence-corrected chi connectivity index (χ2v) is 9.22. The molecule has 6 nitrogen and oxygen atoms in total. The summed E-state index contributed by atoms with van der Waals surface area (Å²) in [7, 11) is 0. The predicted octanol–water partition coefficient (Wildman–Crippen LogP) is 5.12. The number of fused-ring (bicyclic) bond motifs is 2. The van der Waals surface area contributed by atoms with Gasteiger partial charge < -0.3 is 10.4 Å². The molecule has 0 aliphatic heterocycles.